The highest BCUT2D eigenvalue weighted by Crippen LogP contribution is 2.23. The number of furan rings is 1. The van der Waals surface area contributed by atoms with Gasteiger partial charge in [0.05, 0.1) is 6.54 Å². The van der Waals surface area contributed by atoms with Crippen molar-refractivity contribution < 1.29 is 9.52 Å². The van der Waals surface area contributed by atoms with Crippen molar-refractivity contribution >= 4 is 29.9 Å². The Labute approximate surface area is 137 Å². The van der Waals surface area contributed by atoms with Gasteiger partial charge in [-0.3, -0.25) is 0 Å². The van der Waals surface area contributed by atoms with Crippen LogP contribution >= 0.6 is 24.0 Å². The van der Waals surface area contributed by atoms with E-state index in [2.05, 4.69) is 15.6 Å². The van der Waals surface area contributed by atoms with Gasteiger partial charge in [-0.15, -0.1) is 24.0 Å². The molecule has 0 spiro atoms. The second-order valence-electron chi connectivity index (χ2n) is 5.30. The molecule has 0 bridgehead atoms. The lowest BCUT2D eigenvalue weighted by atomic mass is 10.0. The van der Waals surface area contributed by atoms with Crippen LogP contribution < -0.4 is 10.6 Å². The zero-order valence-electron chi connectivity index (χ0n) is 12.3. The molecular formula is C14H24IN3O2. The third-order valence-electron chi connectivity index (χ3n) is 3.08. The average molecular weight is 393 g/mol. The molecule has 6 heteroatoms. The van der Waals surface area contributed by atoms with Crippen molar-refractivity contribution in [3.8, 4) is 0 Å². The van der Waals surface area contributed by atoms with E-state index in [1.165, 1.54) is 12.8 Å². The Bertz CT molecular complexity index is 453. The van der Waals surface area contributed by atoms with Crippen LogP contribution in [0.5, 0.6) is 0 Å². The predicted molar refractivity (Wildman–Crippen MR) is 90.6 cm³/mol. The Kier molecular flexibility index (Phi) is 6.32. The Morgan fingerprint density at radius 1 is 1.50 bits per heavy atom. The van der Waals surface area contributed by atoms with Crippen molar-refractivity contribution in [3.63, 3.8) is 0 Å². The SMILES string of the molecule is CCNC(=NCC(C)(O)c1ccc(C)o1)NC1CC1.I. The van der Waals surface area contributed by atoms with E-state index < -0.39 is 5.60 Å². The molecule has 0 amide bonds. The van der Waals surface area contributed by atoms with Gasteiger partial charge in [0.2, 0.25) is 0 Å². The van der Waals surface area contributed by atoms with Crippen molar-refractivity contribution in [3.05, 3.63) is 23.7 Å². The molecule has 5 nitrogen and oxygen atoms in total. The van der Waals surface area contributed by atoms with Gasteiger partial charge in [0.25, 0.3) is 0 Å². The fourth-order valence-corrected chi connectivity index (χ4v) is 1.78. The molecular weight excluding hydrogens is 369 g/mol. The van der Waals surface area contributed by atoms with Crippen molar-refractivity contribution in [1.29, 1.82) is 0 Å². The topological polar surface area (TPSA) is 69.8 Å². The summed E-state index contributed by atoms with van der Waals surface area (Å²) in [4.78, 5) is 4.44. The highest BCUT2D eigenvalue weighted by molar-refractivity contribution is 14.0. The van der Waals surface area contributed by atoms with Gasteiger partial charge in [-0.25, -0.2) is 4.99 Å². The molecule has 1 aromatic heterocycles. The molecule has 1 atom stereocenters. The van der Waals surface area contributed by atoms with Crippen LogP contribution in [0.2, 0.25) is 0 Å². The van der Waals surface area contributed by atoms with Crippen LogP contribution in [0.3, 0.4) is 0 Å². The molecule has 1 heterocycles. The first kappa shape index (κ1) is 17.3. The largest absolute Gasteiger partial charge is 0.463 e. The molecule has 1 fully saturated rings. The summed E-state index contributed by atoms with van der Waals surface area (Å²) in [7, 11) is 0. The van der Waals surface area contributed by atoms with E-state index in [0.717, 1.165) is 18.3 Å². The lowest BCUT2D eigenvalue weighted by molar-refractivity contribution is 0.0428. The first-order valence-corrected chi connectivity index (χ1v) is 6.85. The van der Waals surface area contributed by atoms with E-state index >= 15 is 0 Å². The highest BCUT2D eigenvalue weighted by Gasteiger charge is 2.27. The van der Waals surface area contributed by atoms with Crippen molar-refractivity contribution in [2.45, 2.75) is 45.3 Å². The fraction of sp³-hybridized carbons (Fsp3) is 0.643. The zero-order valence-corrected chi connectivity index (χ0v) is 14.6. The van der Waals surface area contributed by atoms with Crippen molar-refractivity contribution in [2.24, 2.45) is 4.99 Å². The van der Waals surface area contributed by atoms with Gasteiger partial charge in [0, 0.05) is 12.6 Å². The van der Waals surface area contributed by atoms with Gasteiger partial charge in [0.15, 0.2) is 5.96 Å². The first-order valence-electron chi connectivity index (χ1n) is 6.85. The summed E-state index contributed by atoms with van der Waals surface area (Å²) in [6.45, 7) is 6.68. The molecule has 0 aromatic carbocycles. The lowest BCUT2D eigenvalue weighted by Gasteiger charge is -2.19. The highest BCUT2D eigenvalue weighted by atomic mass is 127. The maximum absolute atomic E-state index is 10.4. The number of hydrogen-bond acceptors (Lipinski definition) is 3. The molecule has 1 saturated carbocycles. The molecule has 0 aliphatic heterocycles. The normalized spacial score (nSPS) is 18.1. The number of hydrogen-bond donors (Lipinski definition) is 3. The van der Waals surface area contributed by atoms with E-state index in [-0.39, 0.29) is 30.5 Å². The Morgan fingerprint density at radius 3 is 2.70 bits per heavy atom. The molecule has 1 unspecified atom stereocenters. The van der Waals surface area contributed by atoms with E-state index in [9.17, 15) is 5.11 Å². The van der Waals surface area contributed by atoms with Gasteiger partial charge in [-0.05, 0) is 45.7 Å². The monoisotopic (exact) mass is 393 g/mol. The average Bonchev–Trinajstić information content (AvgIpc) is 3.05. The molecule has 1 aromatic rings. The van der Waals surface area contributed by atoms with Gasteiger partial charge in [-0.2, -0.15) is 0 Å². The van der Waals surface area contributed by atoms with Gasteiger partial charge < -0.3 is 20.2 Å². The summed E-state index contributed by atoms with van der Waals surface area (Å²) in [6, 6.07) is 4.18. The quantitative estimate of drug-likeness (QED) is 0.407. The molecule has 114 valence electrons. The second kappa shape index (κ2) is 7.31. The molecule has 2 rings (SSSR count). The Hall–Kier alpha value is -0.760. The number of nitrogens with one attached hydrogen (secondary N) is 2. The Balaban J connectivity index is 0.00000200. The minimum atomic E-state index is -1.08. The molecule has 0 radical (unpaired) electrons. The minimum Gasteiger partial charge on any atom is -0.463 e. The van der Waals surface area contributed by atoms with Crippen LogP contribution in [0.15, 0.2) is 21.5 Å². The summed E-state index contributed by atoms with van der Waals surface area (Å²) < 4.78 is 5.47. The third kappa shape index (κ3) is 4.97. The number of rotatable bonds is 5. The third-order valence-corrected chi connectivity index (χ3v) is 3.08. The van der Waals surface area contributed by atoms with Crippen LogP contribution in [-0.2, 0) is 5.60 Å². The van der Waals surface area contributed by atoms with Crippen molar-refractivity contribution in [1.82, 2.24) is 10.6 Å². The molecule has 20 heavy (non-hydrogen) atoms. The molecule has 3 N–H and O–H groups in total. The number of aliphatic imine (C=N–C) groups is 1. The number of aryl methyl sites for hydroxylation is 1. The summed E-state index contributed by atoms with van der Waals surface area (Å²) in [6.07, 6.45) is 2.39. The van der Waals surface area contributed by atoms with Crippen LogP contribution in [0.4, 0.5) is 0 Å². The number of aliphatic hydroxyl groups is 1. The first-order chi connectivity index (χ1) is 9.01. The van der Waals surface area contributed by atoms with Gasteiger partial charge >= 0.3 is 0 Å². The van der Waals surface area contributed by atoms with E-state index in [1.807, 2.05) is 19.9 Å². The second-order valence-corrected chi connectivity index (χ2v) is 5.30. The molecule has 0 saturated heterocycles. The van der Waals surface area contributed by atoms with Crippen molar-refractivity contribution in [2.75, 3.05) is 13.1 Å². The van der Waals surface area contributed by atoms with E-state index in [1.54, 1.807) is 13.0 Å². The summed E-state index contributed by atoms with van der Waals surface area (Å²) in [5.74, 6) is 2.10. The van der Waals surface area contributed by atoms with E-state index in [0.29, 0.717) is 11.8 Å². The Morgan fingerprint density at radius 2 is 2.20 bits per heavy atom. The molecule has 1 aliphatic rings. The zero-order chi connectivity index (χ0) is 13.9. The van der Waals surface area contributed by atoms with Crippen LogP contribution in [0.1, 0.15) is 38.2 Å². The lowest BCUT2D eigenvalue weighted by Crippen LogP contribution is -2.39. The standard InChI is InChI=1S/C14H23N3O2.HI/c1-4-15-13(17-11-6-7-11)16-9-14(3,18)12-8-5-10(2)19-12;/h5,8,11,18H,4,6-7,9H2,1-3H3,(H2,15,16,17);1H. The summed E-state index contributed by atoms with van der Waals surface area (Å²) in [5, 5.41) is 16.9. The molecule has 1 aliphatic carbocycles. The van der Waals surface area contributed by atoms with Crippen LogP contribution in [0.25, 0.3) is 0 Å². The number of halogens is 1. The van der Waals surface area contributed by atoms with Crippen LogP contribution in [0, 0.1) is 6.92 Å². The van der Waals surface area contributed by atoms with Crippen LogP contribution in [-0.4, -0.2) is 30.2 Å². The fourth-order valence-electron chi connectivity index (χ4n) is 1.78. The minimum absolute atomic E-state index is 0. The number of guanidine groups is 1. The predicted octanol–water partition coefficient (Wildman–Crippen LogP) is 2.13. The van der Waals surface area contributed by atoms with E-state index in [4.69, 9.17) is 4.42 Å². The smallest absolute Gasteiger partial charge is 0.191 e. The van der Waals surface area contributed by atoms with Gasteiger partial charge in [0.1, 0.15) is 17.1 Å². The summed E-state index contributed by atoms with van der Waals surface area (Å²) in [5.41, 5.74) is -1.08. The summed E-state index contributed by atoms with van der Waals surface area (Å²) >= 11 is 0. The maximum atomic E-state index is 10.4. The van der Waals surface area contributed by atoms with Gasteiger partial charge in [-0.1, -0.05) is 0 Å². The number of nitrogens with zero attached hydrogens (tertiary/aromatic N) is 1. The maximum Gasteiger partial charge on any atom is 0.191 e.